The molecule has 0 aromatic carbocycles. The van der Waals surface area contributed by atoms with Gasteiger partial charge in [-0.05, 0) is 13.8 Å². The standard InChI is InChI=1S/C15H19N5O4/c1-15(2)13(22)20(14(23)18-15)9-12(21)19-5-6-24-11(8-19)10-7-16-3-4-17-10/h3-4,7,11H,5-6,8-9H2,1-2H3,(H,18,23)/t11-/m1/s1. The summed E-state index contributed by atoms with van der Waals surface area (Å²) in [6.07, 6.45) is 4.36. The summed E-state index contributed by atoms with van der Waals surface area (Å²) >= 11 is 0. The van der Waals surface area contributed by atoms with E-state index in [1.807, 2.05) is 0 Å². The highest BCUT2D eigenvalue weighted by molar-refractivity contribution is 6.08. The minimum absolute atomic E-state index is 0.277. The normalized spacial score (nSPS) is 23.3. The van der Waals surface area contributed by atoms with Gasteiger partial charge in [0.25, 0.3) is 5.91 Å². The predicted molar refractivity (Wildman–Crippen MR) is 81.6 cm³/mol. The summed E-state index contributed by atoms with van der Waals surface area (Å²) in [5.74, 6) is -0.701. The Kier molecular flexibility index (Phi) is 4.18. The first-order valence-corrected chi connectivity index (χ1v) is 7.68. The van der Waals surface area contributed by atoms with Crippen molar-refractivity contribution >= 4 is 17.8 Å². The van der Waals surface area contributed by atoms with Gasteiger partial charge >= 0.3 is 6.03 Å². The van der Waals surface area contributed by atoms with E-state index in [4.69, 9.17) is 4.74 Å². The molecule has 128 valence electrons. The van der Waals surface area contributed by atoms with Crippen LogP contribution in [0, 0.1) is 0 Å². The van der Waals surface area contributed by atoms with Gasteiger partial charge in [-0.3, -0.25) is 24.5 Å². The molecule has 0 unspecified atom stereocenters. The topological polar surface area (TPSA) is 105 Å². The minimum Gasteiger partial charge on any atom is -0.368 e. The van der Waals surface area contributed by atoms with Crippen LogP contribution in [0.1, 0.15) is 25.6 Å². The van der Waals surface area contributed by atoms with Gasteiger partial charge in [0.15, 0.2) is 0 Å². The van der Waals surface area contributed by atoms with Gasteiger partial charge in [0.1, 0.15) is 18.2 Å². The fraction of sp³-hybridized carbons (Fsp3) is 0.533. The molecule has 4 amide bonds. The number of hydrogen-bond acceptors (Lipinski definition) is 6. The number of rotatable bonds is 3. The van der Waals surface area contributed by atoms with Crippen LogP contribution in [0.5, 0.6) is 0 Å². The molecule has 0 bridgehead atoms. The van der Waals surface area contributed by atoms with Gasteiger partial charge in [0.05, 0.1) is 25.0 Å². The summed E-state index contributed by atoms with van der Waals surface area (Å²) in [6.45, 7) is 4.01. The largest absolute Gasteiger partial charge is 0.368 e. The highest BCUT2D eigenvalue weighted by atomic mass is 16.5. The highest BCUT2D eigenvalue weighted by Crippen LogP contribution is 2.21. The second kappa shape index (κ2) is 6.16. The Hall–Kier alpha value is -2.55. The molecule has 1 aromatic rings. The molecular weight excluding hydrogens is 314 g/mol. The number of aromatic nitrogens is 2. The number of nitrogens with one attached hydrogen (secondary N) is 1. The van der Waals surface area contributed by atoms with E-state index < -0.39 is 17.5 Å². The third-order valence-corrected chi connectivity index (χ3v) is 4.07. The SMILES string of the molecule is CC1(C)NC(=O)N(CC(=O)N2CCO[C@@H](c3cnccn3)C2)C1=O. The van der Waals surface area contributed by atoms with E-state index in [0.29, 0.717) is 25.4 Å². The van der Waals surface area contributed by atoms with Crippen LogP contribution in [0.4, 0.5) is 4.79 Å². The lowest BCUT2D eigenvalue weighted by atomic mass is 10.1. The molecular formula is C15H19N5O4. The zero-order chi connectivity index (χ0) is 17.3. The zero-order valence-electron chi connectivity index (χ0n) is 13.6. The molecule has 9 nitrogen and oxygen atoms in total. The average Bonchev–Trinajstić information content (AvgIpc) is 2.77. The van der Waals surface area contributed by atoms with E-state index in [-0.39, 0.29) is 18.6 Å². The molecule has 1 aromatic heterocycles. The van der Waals surface area contributed by atoms with Gasteiger partial charge in [-0.1, -0.05) is 0 Å². The maximum absolute atomic E-state index is 12.5. The highest BCUT2D eigenvalue weighted by Gasteiger charge is 2.45. The van der Waals surface area contributed by atoms with Gasteiger partial charge in [0.2, 0.25) is 5.91 Å². The van der Waals surface area contributed by atoms with Crippen molar-refractivity contribution < 1.29 is 19.1 Å². The number of nitrogens with zero attached hydrogens (tertiary/aromatic N) is 4. The first kappa shape index (κ1) is 16.3. The van der Waals surface area contributed by atoms with Crippen molar-refractivity contribution in [1.82, 2.24) is 25.1 Å². The first-order chi connectivity index (χ1) is 11.4. The molecule has 9 heteroatoms. The number of imide groups is 1. The fourth-order valence-corrected chi connectivity index (χ4v) is 2.73. The summed E-state index contributed by atoms with van der Waals surface area (Å²) in [5, 5.41) is 2.56. The minimum atomic E-state index is -0.982. The first-order valence-electron chi connectivity index (χ1n) is 7.68. The lowest BCUT2D eigenvalue weighted by Gasteiger charge is -2.33. The molecule has 1 atom stereocenters. The number of morpholine rings is 1. The second-order valence-corrected chi connectivity index (χ2v) is 6.28. The van der Waals surface area contributed by atoms with Gasteiger partial charge < -0.3 is 15.0 Å². The summed E-state index contributed by atoms with van der Waals surface area (Å²) in [5.41, 5.74) is -0.337. The zero-order valence-corrected chi connectivity index (χ0v) is 13.6. The Morgan fingerprint density at radius 2 is 2.21 bits per heavy atom. The average molecular weight is 333 g/mol. The fourth-order valence-electron chi connectivity index (χ4n) is 2.73. The molecule has 24 heavy (non-hydrogen) atoms. The van der Waals surface area contributed by atoms with Crippen LogP contribution in [-0.2, 0) is 14.3 Å². The van der Waals surface area contributed by atoms with Crippen molar-refractivity contribution in [1.29, 1.82) is 0 Å². The van der Waals surface area contributed by atoms with Crippen molar-refractivity contribution in [3.05, 3.63) is 24.3 Å². The van der Waals surface area contributed by atoms with Crippen molar-refractivity contribution in [2.24, 2.45) is 0 Å². The molecule has 2 saturated heterocycles. The van der Waals surface area contributed by atoms with Crippen LogP contribution in [0.25, 0.3) is 0 Å². The van der Waals surface area contributed by atoms with E-state index in [1.165, 1.54) is 0 Å². The maximum atomic E-state index is 12.5. The van der Waals surface area contributed by atoms with Gasteiger partial charge in [-0.2, -0.15) is 0 Å². The summed E-state index contributed by atoms with van der Waals surface area (Å²) in [7, 11) is 0. The van der Waals surface area contributed by atoms with E-state index in [0.717, 1.165) is 4.90 Å². The summed E-state index contributed by atoms with van der Waals surface area (Å²) < 4.78 is 5.63. The Morgan fingerprint density at radius 3 is 2.83 bits per heavy atom. The molecule has 0 saturated carbocycles. The van der Waals surface area contributed by atoms with E-state index in [9.17, 15) is 14.4 Å². The quantitative estimate of drug-likeness (QED) is 0.762. The van der Waals surface area contributed by atoms with Gasteiger partial charge in [-0.15, -0.1) is 0 Å². The monoisotopic (exact) mass is 333 g/mol. The number of amides is 4. The van der Waals surface area contributed by atoms with Crippen molar-refractivity contribution in [2.45, 2.75) is 25.5 Å². The van der Waals surface area contributed by atoms with Crippen molar-refractivity contribution in [3.8, 4) is 0 Å². The lowest BCUT2D eigenvalue weighted by molar-refractivity contribution is -0.143. The number of urea groups is 1. The Morgan fingerprint density at radius 1 is 1.42 bits per heavy atom. The molecule has 2 aliphatic heterocycles. The Labute approximate surface area is 139 Å². The summed E-state index contributed by atoms with van der Waals surface area (Å²) in [6, 6.07) is -0.544. The third-order valence-electron chi connectivity index (χ3n) is 4.07. The van der Waals surface area contributed by atoms with Crippen LogP contribution in [0.15, 0.2) is 18.6 Å². The van der Waals surface area contributed by atoms with Gasteiger partial charge in [0, 0.05) is 18.9 Å². The molecule has 0 spiro atoms. The second-order valence-electron chi connectivity index (χ2n) is 6.28. The van der Waals surface area contributed by atoms with Gasteiger partial charge in [-0.25, -0.2) is 4.79 Å². The van der Waals surface area contributed by atoms with Crippen LogP contribution < -0.4 is 5.32 Å². The Balaban J connectivity index is 1.65. The molecule has 1 N–H and O–H groups in total. The summed E-state index contributed by atoms with van der Waals surface area (Å²) in [4.78, 5) is 47.3. The van der Waals surface area contributed by atoms with Crippen molar-refractivity contribution in [3.63, 3.8) is 0 Å². The smallest absolute Gasteiger partial charge is 0.325 e. The van der Waals surface area contributed by atoms with E-state index in [1.54, 1.807) is 37.3 Å². The molecule has 2 aliphatic rings. The van der Waals surface area contributed by atoms with Crippen LogP contribution in [0.3, 0.4) is 0 Å². The Bertz CT molecular complexity index is 663. The van der Waals surface area contributed by atoms with Crippen LogP contribution in [-0.4, -0.2) is 69.4 Å². The number of carbonyl (C=O) groups excluding carboxylic acids is 3. The van der Waals surface area contributed by atoms with E-state index >= 15 is 0 Å². The maximum Gasteiger partial charge on any atom is 0.325 e. The molecule has 0 radical (unpaired) electrons. The van der Waals surface area contributed by atoms with Crippen LogP contribution in [0.2, 0.25) is 0 Å². The molecule has 3 rings (SSSR count). The van der Waals surface area contributed by atoms with Crippen LogP contribution >= 0.6 is 0 Å². The molecule has 3 heterocycles. The number of carbonyl (C=O) groups is 3. The number of ether oxygens (including phenoxy) is 1. The van der Waals surface area contributed by atoms with Crippen molar-refractivity contribution in [2.75, 3.05) is 26.2 Å². The third kappa shape index (κ3) is 3.07. The molecule has 0 aliphatic carbocycles. The molecule has 2 fully saturated rings. The predicted octanol–water partition coefficient (Wildman–Crippen LogP) is -0.293. The van der Waals surface area contributed by atoms with E-state index in [2.05, 4.69) is 15.3 Å². The lowest BCUT2D eigenvalue weighted by Crippen LogP contribution is -2.48. The number of hydrogen-bond donors (Lipinski definition) is 1.